The SMILES string of the molecule is N#Cc1ccsc1NC(=O)CN1CC[C@H](CNc2ccccn2)C1. The smallest absolute Gasteiger partial charge is 0.239 e. The molecule has 2 N–H and O–H groups in total. The van der Waals surface area contributed by atoms with Crippen molar-refractivity contribution in [2.24, 2.45) is 5.92 Å². The molecule has 0 unspecified atom stereocenters. The van der Waals surface area contributed by atoms with Crippen LogP contribution >= 0.6 is 11.3 Å². The first kappa shape index (κ1) is 16.4. The number of nitrogens with zero attached hydrogens (tertiary/aromatic N) is 3. The second-order valence-electron chi connectivity index (χ2n) is 5.81. The van der Waals surface area contributed by atoms with Crippen molar-refractivity contribution in [2.45, 2.75) is 6.42 Å². The Morgan fingerprint density at radius 2 is 2.38 bits per heavy atom. The number of nitriles is 1. The van der Waals surface area contributed by atoms with E-state index < -0.39 is 0 Å². The highest BCUT2D eigenvalue weighted by Crippen LogP contribution is 2.22. The number of aromatic nitrogens is 1. The summed E-state index contributed by atoms with van der Waals surface area (Å²) < 4.78 is 0. The normalized spacial score (nSPS) is 17.4. The molecule has 1 fully saturated rings. The number of pyridine rings is 1. The number of hydrogen-bond acceptors (Lipinski definition) is 6. The quantitative estimate of drug-likeness (QED) is 0.843. The van der Waals surface area contributed by atoms with Gasteiger partial charge in [0.05, 0.1) is 12.1 Å². The van der Waals surface area contributed by atoms with Gasteiger partial charge in [-0.3, -0.25) is 9.69 Å². The average molecular weight is 341 g/mol. The second-order valence-corrected chi connectivity index (χ2v) is 6.73. The molecule has 124 valence electrons. The molecule has 1 aliphatic heterocycles. The summed E-state index contributed by atoms with van der Waals surface area (Å²) in [6.45, 7) is 3.03. The minimum atomic E-state index is -0.0627. The summed E-state index contributed by atoms with van der Waals surface area (Å²) in [5.41, 5.74) is 0.521. The molecule has 2 aromatic rings. The molecule has 6 nitrogen and oxygen atoms in total. The number of nitrogens with one attached hydrogen (secondary N) is 2. The molecule has 1 atom stereocenters. The van der Waals surface area contributed by atoms with Crippen molar-refractivity contribution in [2.75, 3.05) is 36.8 Å². The van der Waals surface area contributed by atoms with Crippen LogP contribution in [0.25, 0.3) is 0 Å². The number of hydrogen-bond donors (Lipinski definition) is 2. The van der Waals surface area contributed by atoms with Crippen molar-refractivity contribution in [3.63, 3.8) is 0 Å². The molecule has 0 saturated carbocycles. The third-order valence-electron chi connectivity index (χ3n) is 4.01. The maximum atomic E-state index is 12.1. The van der Waals surface area contributed by atoms with Crippen LogP contribution in [0.3, 0.4) is 0 Å². The van der Waals surface area contributed by atoms with Gasteiger partial charge < -0.3 is 10.6 Å². The van der Waals surface area contributed by atoms with Gasteiger partial charge in [-0.2, -0.15) is 5.26 Å². The number of carbonyl (C=O) groups excluding carboxylic acids is 1. The molecule has 7 heteroatoms. The van der Waals surface area contributed by atoms with Crippen LogP contribution in [0.2, 0.25) is 0 Å². The highest BCUT2D eigenvalue weighted by Gasteiger charge is 2.24. The lowest BCUT2D eigenvalue weighted by molar-refractivity contribution is -0.117. The van der Waals surface area contributed by atoms with E-state index >= 15 is 0 Å². The highest BCUT2D eigenvalue weighted by atomic mass is 32.1. The standard InChI is InChI=1S/C17H19N5OS/c18-9-14-5-8-24-17(14)21-16(23)12-22-7-4-13(11-22)10-20-15-3-1-2-6-19-15/h1-3,5-6,8,13H,4,7,10-12H2,(H,19,20)(H,21,23)/t13-/m1/s1. The van der Waals surface area contributed by atoms with E-state index in [0.29, 0.717) is 23.0 Å². The van der Waals surface area contributed by atoms with Crippen molar-refractivity contribution < 1.29 is 4.79 Å². The van der Waals surface area contributed by atoms with Gasteiger partial charge in [0, 0.05) is 19.3 Å². The van der Waals surface area contributed by atoms with Crippen LogP contribution in [0.4, 0.5) is 10.8 Å². The third-order valence-corrected chi connectivity index (χ3v) is 4.84. The number of likely N-dealkylation sites (tertiary alicyclic amines) is 1. The molecule has 0 spiro atoms. The Bertz CT molecular complexity index is 724. The van der Waals surface area contributed by atoms with E-state index in [1.165, 1.54) is 11.3 Å². The Labute approximate surface area is 145 Å². The molecular formula is C17H19N5OS. The van der Waals surface area contributed by atoms with Crippen LogP contribution in [-0.2, 0) is 4.79 Å². The summed E-state index contributed by atoms with van der Waals surface area (Å²) in [5.74, 6) is 1.33. The van der Waals surface area contributed by atoms with Gasteiger partial charge in [-0.05, 0) is 42.5 Å². The van der Waals surface area contributed by atoms with Gasteiger partial charge >= 0.3 is 0 Å². The zero-order valence-electron chi connectivity index (χ0n) is 13.2. The zero-order valence-corrected chi connectivity index (χ0v) is 14.1. The van der Waals surface area contributed by atoms with Crippen LogP contribution in [0.1, 0.15) is 12.0 Å². The van der Waals surface area contributed by atoms with Crippen molar-refractivity contribution >= 4 is 28.1 Å². The fraction of sp³-hybridized carbons (Fsp3) is 0.353. The van der Waals surface area contributed by atoms with E-state index in [-0.39, 0.29) is 5.91 Å². The minimum absolute atomic E-state index is 0.0627. The lowest BCUT2D eigenvalue weighted by Gasteiger charge is -2.16. The summed E-state index contributed by atoms with van der Waals surface area (Å²) in [6, 6.07) is 9.61. The maximum absolute atomic E-state index is 12.1. The molecule has 1 amide bonds. The van der Waals surface area contributed by atoms with Gasteiger partial charge in [-0.15, -0.1) is 11.3 Å². The third kappa shape index (κ3) is 4.31. The number of anilines is 2. The monoisotopic (exact) mass is 341 g/mol. The highest BCUT2D eigenvalue weighted by molar-refractivity contribution is 7.14. The van der Waals surface area contributed by atoms with Crippen molar-refractivity contribution in [3.05, 3.63) is 41.4 Å². The lowest BCUT2D eigenvalue weighted by Crippen LogP contribution is -2.32. The van der Waals surface area contributed by atoms with Gasteiger partial charge in [0.2, 0.25) is 5.91 Å². The van der Waals surface area contributed by atoms with Gasteiger partial charge in [0.15, 0.2) is 0 Å². The fourth-order valence-corrected chi connectivity index (χ4v) is 3.56. The number of amides is 1. The van der Waals surface area contributed by atoms with E-state index in [4.69, 9.17) is 5.26 Å². The summed E-state index contributed by atoms with van der Waals surface area (Å²) in [5, 5.41) is 17.6. The maximum Gasteiger partial charge on any atom is 0.239 e. The van der Waals surface area contributed by atoms with E-state index in [9.17, 15) is 4.79 Å². The first-order chi connectivity index (χ1) is 11.7. The van der Waals surface area contributed by atoms with Crippen molar-refractivity contribution in [1.29, 1.82) is 5.26 Å². The predicted octanol–water partition coefficient (Wildman–Crippen LogP) is 2.39. The summed E-state index contributed by atoms with van der Waals surface area (Å²) in [4.78, 5) is 18.5. The Hall–Kier alpha value is -2.43. The van der Waals surface area contributed by atoms with E-state index in [1.54, 1.807) is 12.3 Å². The van der Waals surface area contributed by atoms with Gasteiger partial charge in [0.1, 0.15) is 16.9 Å². The number of carbonyl (C=O) groups is 1. The predicted molar refractivity (Wildman–Crippen MR) is 94.9 cm³/mol. The lowest BCUT2D eigenvalue weighted by atomic mass is 10.1. The van der Waals surface area contributed by atoms with Gasteiger partial charge in [0.25, 0.3) is 0 Å². The molecule has 3 rings (SSSR count). The van der Waals surface area contributed by atoms with Crippen LogP contribution in [0.5, 0.6) is 0 Å². The summed E-state index contributed by atoms with van der Waals surface area (Å²) in [6.07, 6.45) is 2.84. The van der Waals surface area contributed by atoms with E-state index in [0.717, 1.165) is 31.9 Å². The zero-order chi connectivity index (χ0) is 16.8. The first-order valence-electron chi connectivity index (χ1n) is 7.89. The fourth-order valence-electron chi connectivity index (χ4n) is 2.80. The number of rotatable bonds is 6. The Morgan fingerprint density at radius 3 is 3.17 bits per heavy atom. The van der Waals surface area contributed by atoms with Gasteiger partial charge in [-0.1, -0.05) is 6.07 Å². The van der Waals surface area contributed by atoms with Crippen LogP contribution < -0.4 is 10.6 Å². The summed E-state index contributed by atoms with van der Waals surface area (Å²) >= 11 is 1.38. The molecule has 3 heterocycles. The molecule has 0 radical (unpaired) electrons. The van der Waals surface area contributed by atoms with Crippen LogP contribution in [-0.4, -0.2) is 42.0 Å². The topological polar surface area (TPSA) is 81.0 Å². The minimum Gasteiger partial charge on any atom is -0.370 e. The molecule has 24 heavy (non-hydrogen) atoms. The van der Waals surface area contributed by atoms with E-state index in [2.05, 4.69) is 26.6 Å². The first-order valence-corrected chi connectivity index (χ1v) is 8.77. The second kappa shape index (κ2) is 7.90. The van der Waals surface area contributed by atoms with Gasteiger partial charge in [-0.25, -0.2) is 4.98 Å². The molecule has 1 aliphatic rings. The largest absolute Gasteiger partial charge is 0.370 e. The molecule has 0 aliphatic carbocycles. The molecular weight excluding hydrogens is 322 g/mol. The molecule has 0 aromatic carbocycles. The van der Waals surface area contributed by atoms with Crippen molar-refractivity contribution in [3.8, 4) is 6.07 Å². The van der Waals surface area contributed by atoms with E-state index in [1.807, 2.05) is 23.6 Å². The molecule has 2 aromatic heterocycles. The molecule has 1 saturated heterocycles. The Balaban J connectivity index is 1.42. The molecule has 0 bridgehead atoms. The Kier molecular flexibility index (Phi) is 5.41. The van der Waals surface area contributed by atoms with Crippen LogP contribution in [0, 0.1) is 17.2 Å². The number of thiophene rings is 1. The summed E-state index contributed by atoms with van der Waals surface area (Å²) in [7, 11) is 0. The average Bonchev–Trinajstić information content (AvgIpc) is 3.23. The Morgan fingerprint density at radius 1 is 1.46 bits per heavy atom. The van der Waals surface area contributed by atoms with Crippen molar-refractivity contribution in [1.82, 2.24) is 9.88 Å². The van der Waals surface area contributed by atoms with Crippen LogP contribution in [0.15, 0.2) is 35.8 Å².